The Kier molecular flexibility index (Phi) is 5.20. The number of rotatable bonds is 6. The molecule has 0 fully saturated rings. The molecule has 0 bridgehead atoms. The Morgan fingerprint density at radius 1 is 1.26 bits per heavy atom. The summed E-state index contributed by atoms with van der Waals surface area (Å²) >= 11 is 0. The lowest BCUT2D eigenvalue weighted by Gasteiger charge is -2.17. The Labute approximate surface area is 115 Å². The molecule has 5 nitrogen and oxygen atoms in total. The molecule has 0 spiro atoms. The van der Waals surface area contributed by atoms with E-state index in [9.17, 15) is 8.42 Å². The highest BCUT2D eigenvalue weighted by molar-refractivity contribution is 7.89. The molecule has 6 heteroatoms. The van der Waals surface area contributed by atoms with Crippen molar-refractivity contribution in [2.75, 3.05) is 14.2 Å². The minimum absolute atomic E-state index is 0.128. The molecule has 1 aromatic rings. The number of hydrogen-bond donors (Lipinski definition) is 1. The van der Waals surface area contributed by atoms with Gasteiger partial charge in [0.2, 0.25) is 10.0 Å². The molecule has 0 heterocycles. The number of sulfonamides is 1. The van der Waals surface area contributed by atoms with Gasteiger partial charge in [-0.05, 0) is 32.4 Å². The highest BCUT2D eigenvalue weighted by Gasteiger charge is 2.23. The predicted octanol–water partition coefficient (Wildman–Crippen LogP) is 2.09. The first-order valence-corrected chi connectivity index (χ1v) is 7.59. The van der Waals surface area contributed by atoms with E-state index in [-0.39, 0.29) is 10.9 Å². The van der Waals surface area contributed by atoms with Gasteiger partial charge in [-0.1, -0.05) is 6.92 Å². The van der Waals surface area contributed by atoms with Gasteiger partial charge in [0.15, 0.2) is 0 Å². The molecule has 0 aliphatic carbocycles. The van der Waals surface area contributed by atoms with Gasteiger partial charge < -0.3 is 9.47 Å². The van der Waals surface area contributed by atoms with E-state index in [1.54, 1.807) is 13.0 Å². The first-order chi connectivity index (χ1) is 8.87. The van der Waals surface area contributed by atoms with E-state index in [0.29, 0.717) is 17.1 Å². The number of nitrogens with one attached hydrogen (secondary N) is 1. The predicted molar refractivity (Wildman–Crippen MR) is 74.4 cm³/mol. The van der Waals surface area contributed by atoms with Crippen LogP contribution in [0.3, 0.4) is 0 Å². The Bertz CT molecular complexity index is 540. The van der Waals surface area contributed by atoms with Crippen molar-refractivity contribution in [2.24, 2.45) is 0 Å². The van der Waals surface area contributed by atoms with Gasteiger partial charge in [-0.25, -0.2) is 13.1 Å². The Morgan fingerprint density at radius 2 is 1.89 bits per heavy atom. The van der Waals surface area contributed by atoms with Crippen LogP contribution in [-0.4, -0.2) is 28.7 Å². The minimum Gasteiger partial charge on any atom is -0.496 e. The summed E-state index contributed by atoms with van der Waals surface area (Å²) in [4.78, 5) is 0.133. The van der Waals surface area contributed by atoms with Crippen LogP contribution in [0, 0.1) is 6.92 Å². The molecule has 1 atom stereocenters. The highest BCUT2D eigenvalue weighted by Crippen LogP contribution is 2.34. The number of hydrogen-bond acceptors (Lipinski definition) is 4. The van der Waals surface area contributed by atoms with Crippen LogP contribution in [-0.2, 0) is 10.0 Å². The summed E-state index contributed by atoms with van der Waals surface area (Å²) in [5.41, 5.74) is 0.664. The zero-order valence-corrected chi connectivity index (χ0v) is 12.8. The Balaban J connectivity index is 3.31. The molecule has 0 amide bonds. The van der Waals surface area contributed by atoms with Gasteiger partial charge in [0.05, 0.1) is 14.2 Å². The second-order valence-corrected chi connectivity index (χ2v) is 6.04. The second kappa shape index (κ2) is 6.25. The van der Waals surface area contributed by atoms with Crippen molar-refractivity contribution >= 4 is 10.0 Å². The standard InChI is InChI=1S/C13H21NO4S/c1-6-9(2)14-19(15,16)12-8-7-11(17-4)10(3)13(12)18-5/h7-9,14H,6H2,1-5H3. The number of benzene rings is 1. The summed E-state index contributed by atoms with van der Waals surface area (Å²) in [7, 11) is -0.609. The normalized spacial score (nSPS) is 13.1. The van der Waals surface area contributed by atoms with Gasteiger partial charge in [0, 0.05) is 11.6 Å². The second-order valence-electron chi connectivity index (χ2n) is 4.35. The summed E-state index contributed by atoms with van der Waals surface area (Å²) in [6.07, 6.45) is 0.719. The van der Waals surface area contributed by atoms with Crippen molar-refractivity contribution in [2.45, 2.75) is 38.1 Å². The summed E-state index contributed by atoms with van der Waals surface area (Å²) in [5, 5.41) is 0. The molecular formula is C13H21NO4S. The molecule has 0 aliphatic rings. The van der Waals surface area contributed by atoms with Gasteiger partial charge in [0.1, 0.15) is 16.4 Å². The van der Waals surface area contributed by atoms with Crippen molar-refractivity contribution < 1.29 is 17.9 Å². The third kappa shape index (κ3) is 3.39. The molecule has 1 unspecified atom stereocenters. The van der Waals surface area contributed by atoms with Crippen molar-refractivity contribution in [1.82, 2.24) is 4.72 Å². The molecule has 0 radical (unpaired) electrons. The quantitative estimate of drug-likeness (QED) is 0.870. The van der Waals surface area contributed by atoms with Crippen molar-refractivity contribution in [1.29, 1.82) is 0 Å². The van der Waals surface area contributed by atoms with Crippen LogP contribution in [0.4, 0.5) is 0 Å². The molecule has 0 saturated carbocycles. The third-order valence-corrected chi connectivity index (χ3v) is 4.62. The SMILES string of the molecule is CCC(C)NS(=O)(=O)c1ccc(OC)c(C)c1OC. The van der Waals surface area contributed by atoms with E-state index in [0.717, 1.165) is 6.42 Å². The van der Waals surface area contributed by atoms with E-state index >= 15 is 0 Å². The maximum absolute atomic E-state index is 12.3. The number of methoxy groups -OCH3 is 2. The maximum atomic E-state index is 12.3. The summed E-state index contributed by atoms with van der Waals surface area (Å²) < 4.78 is 37.6. The smallest absolute Gasteiger partial charge is 0.244 e. The van der Waals surface area contributed by atoms with Crippen LogP contribution in [0.1, 0.15) is 25.8 Å². The lowest BCUT2D eigenvalue weighted by atomic mass is 10.2. The first-order valence-electron chi connectivity index (χ1n) is 6.11. The van der Waals surface area contributed by atoms with Crippen LogP contribution >= 0.6 is 0 Å². The lowest BCUT2D eigenvalue weighted by Crippen LogP contribution is -2.32. The Morgan fingerprint density at radius 3 is 2.37 bits per heavy atom. The molecule has 0 aromatic heterocycles. The maximum Gasteiger partial charge on any atom is 0.244 e. The van der Waals surface area contributed by atoms with Gasteiger partial charge in [-0.15, -0.1) is 0 Å². The molecule has 1 N–H and O–H groups in total. The summed E-state index contributed by atoms with van der Waals surface area (Å²) in [6.45, 7) is 5.50. The molecule has 19 heavy (non-hydrogen) atoms. The molecule has 0 saturated heterocycles. The van der Waals surface area contributed by atoms with Crippen LogP contribution in [0.15, 0.2) is 17.0 Å². The van der Waals surface area contributed by atoms with Crippen molar-refractivity contribution in [3.63, 3.8) is 0 Å². The van der Waals surface area contributed by atoms with E-state index in [4.69, 9.17) is 9.47 Å². The fourth-order valence-electron chi connectivity index (χ4n) is 1.75. The average Bonchev–Trinajstić information content (AvgIpc) is 2.37. The third-order valence-electron chi connectivity index (χ3n) is 3.00. The molecule has 0 aliphatic heterocycles. The molecule has 1 aromatic carbocycles. The average molecular weight is 287 g/mol. The van der Waals surface area contributed by atoms with Crippen LogP contribution < -0.4 is 14.2 Å². The van der Waals surface area contributed by atoms with Crippen LogP contribution in [0.25, 0.3) is 0 Å². The van der Waals surface area contributed by atoms with Crippen molar-refractivity contribution in [3.8, 4) is 11.5 Å². The fourth-order valence-corrected chi connectivity index (χ4v) is 3.30. The van der Waals surface area contributed by atoms with E-state index in [1.165, 1.54) is 20.3 Å². The van der Waals surface area contributed by atoms with Gasteiger partial charge in [-0.3, -0.25) is 0 Å². The highest BCUT2D eigenvalue weighted by atomic mass is 32.2. The Hall–Kier alpha value is -1.27. The zero-order chi connectivity index (χ0) is 14.6. The molecular weight excluding hydrogens is 266 g/mol. The van der Waals surface area contributed by atoms with E-state index in [2.05, 4.69) is 4.72 Å². The van der Waals surface area contributed by atoms with Crippen molar-refractivity contribution in [3.05, 3.63) is 17.7 Å². The van der Waals surface area contributed by atoms with Gasteiger partial charge in [-0.2, -0.15) is 0 Å². The van der Waals surface area contributed by atoms with E-state index < -0.39 is 10.0 Å². The molecule has 1 rings (SSSR count). The van der Waals surface area contributed by atoms with E-state index in [1.807, 2.05) is 13.8 Å². The largest absolute Gasteiger partial charge is 0.496 e. The van der Waals surface area contributed by atoms with Crippen LogP contribution in [0.2, 0.25) is 0 Å². The lowest BCUT2D eigenvalue weighted by molar-refractivity contribution is 0.380. The minimum atomic E-state index is -3.59. The van der Waals surface area contributed by atoms with Gasteiger partial charge >= 0.3 is 0 Å². The van der Waals surface area contributed by atoms with Crippen LogP contribution in [0.5, 0.6) is 11.5 Å². The summed E-state index contributed by atoms with van der Waals surface area (Å²) in [6, 6.07) is 3.00. The monoisotopic (exact) mass is 287 g/mol. The first kappa shape index (κ1) is 15.8. The number of ether oxygens (including phenoxy) is 2. The fraction of sp³-hybridized carbons (Fsp3) is 0.538. The summed E-state index contributed by atoms with van der Waals surface area (Å²) in [5.74, 6) is 0.912. The van der Waals surface area contributed by atoms with Gasteiger partial charge in [0.25, 0.3) is 0 Å². The topological polar surface area (TPSA) is 64.6 Å². The zero-order valence-electron chi connectivity index (χ0n) is 12.0. The molecule has 108 valence electrons.